The highest BCUT2D eigenvalue weighted by molar-refractivity contribution is 5.93. The van der Waals surface area contributed by atoms with Crippen LogP contribution in [0.3, 0.4) is 0 Å². The maximum atomic E-state index is 12.9. The molecule has 2 aromatic rings. The zero-order chi connectivity index (χ0) is 18.1. The number of methoxy groups -OCH3 is 2. The van der Waals surface area contributed by atoms with Crippen molar-refractivity contribution in [2.75, 3.05) is 21.0 Å². The normalized spacial score (nSPS) is 13.8. The van der Waals surface area contributed by atoms with E-state index in [9.17, 15) is 9.59 Å². The summed E-state index contributed by atoms with van der Waals surface area (Å²) in [5, 5.41) is 0.773. The van der Waals surface area contributed by atoms with E-state index < -0.39 is 0 Å². The maximum Gasteiger partial charge on any atom is 0.308 e. The Morgan fingerprint density at radius 3 is 2.76 bits per heavy atom. The molecule has 0 fully saturated rings. The number of pyridine rings is 1. The number of nitrogens with zero attached hydrogens (tertiary/aromatic N) is 1. The molecule has 0 aliphatic carbocycles. The molecule has 0 saturated heterocycles. The number of carbonyl (C=O) groups is 1. The van der Waals surface area contributed by atoms with Crippen LogP contribution < -0.4 is 19.8 Å². The van der Waals surface area contributed by atoms with Crippen molar-refractivity contribution >= 4 is 16.9 Å². The van der Waals surface area contributed by atoms with Crippen LogP contribution in [0.1, 0.15) is 18.9 Å². The van der Waals surface area contributed by atoms with E-state index in [0.717, 1.165) is 5.39 Å². The number of aryl methyl sites for hydroxylation is 1. The number of carbonyl (C=O) groups excluding carboxylic acids is 1. The summed E-state index contributed by atoms with van der Waals surface area (Å²) < 4.78 is 22.8. The van der Waals surface area contributed by atoms with Crippen molar-refractivity contribution in [1.82, 2.24) is 4.57 Å². The van der Waals surface area contributed by atoms with E-state index in [0.29, 0.717) is 41.2 Å². The molecule has 1 unspecified atom stereocenters. The van der Waals surface area contributed by atoms with Crippen molar-refractivity contribution in [3.05, 3.63) is 28.0 Å². The monoisotopic (exact) mass is 347 g/mol. The first-order valence-electron chi connectivity index (χ1n) is 8.05. The van der Waals surface area contributed by atoms with Gasteiger partial charge in [-0.1, -0.05) is 6.92 Å². The Labute approximate surface area is 145 Å². The van der Waals surface area contributed by atoms with Gasteiger partial charge in [-0.2, -0.15) is 0 Å². The zero-order valence-corrected chi connectivity index (χ0v) is 14.8. The van der Waals surface area contributed by atoms with Crippen LogP contribution in [-0.2, 0) is 23.0 Å². The van der Waals surface area contributed by atoms with E-state index in [4.69, 9.17) is 18.9 Å². The van der Waals surface area contributed by atoms with Gasteiger partial charge in [0.1, 0.15) is 11.3 Å². The van der Waals surface area contributed by atoms with E-state index in [1.807, 2.05) is 6.07 Å². The lowest BCUT2D eigenvalue weighted by atomic mass is 9.99. The lowest BCUT2D eigenvalue weighted by Gasteiger charge is -2.16. The van der Waals surface area contributed by atoms with Crippen LogP contribution in [0.25, 0.3) is 10.9 Å². The summed E-state index contributed by atoms with van der Waals surface area (Å²) in [7, 11) is 4.59. The van der Waals surface area contributed by atoms with Gasteiger partial charge in [-0.3, -0.25) is 9.59 Å². The average molecular weight is 347 g/mol. The molecule has 1 aromatic carbocycles. The summed E-state index contributed by atoms with van der Waals surface area (Å²) in [6.45, 7) is 1.91. The molecule has 0 bridgehead atoms. The summed E-state index contributed by atoms with van der Waals surface area (Å²) in [6.07, 6.45) is 0.908. The highest BCUT2D eigenvalue weighted by Crippen LogP contribution is 2.42. The number of rotatable bonds is 5. The van der Waals surface area contributed by atoms with Gasteiger partial charge in [0.25, 0.3) is 5.56 Å². The number of hydrogen-bond donors (Lipinski definition) is 0. The minimum Gasteiger partial charge on any atom is -0.496 e. The van der Waals surface area contributed by atoms with Crippen molar-refractivity contribution in [1.29, 1.82) is 0 Å². The van der Waals surface area contributed by atoms with E-state index in [2.05, 4.69) is 0 Å². The van der Waals surface area contributed by atoms with Crippen LogP contribution in [0.5, 0.6) is 17.2 Å². The summed E-state index contributed by atoms with van der Waals surface area (Å²) >= 11 is 0. The first-order valence-corrected chi connectivity index (χ1v) is 8.05. The van der Waals surface area contributed by atoms with Gasteiger partial charge in [0.2, 0.25) is 6.79 Å². The molecule has 7 heteroatoms. The highest BCUT2D eigenvalue weighted by atomic mass is 16.7. The Hall–Kier alpha value is -2.70. The van der Waals surface area contributed by atoms with Crippen molar-refractivity contribution in [2.24, 2.45) is 13.0 Å². The number of fused-ring (bicyclic) bond motifs is 3. The second-order valence-corrected chi connectivity index (χ2v) is 6.03. The lowest BCUT2D eigenvalue weighted by molar-refractivity contribution is -0.145. The molecule has 0 saturated carbocycles. The summed E-state index contributed by atoms with van der Waals surface area (Å²) in [6, 6.07) is 3.66. The second kappa shape index (κ2) is 6.66. The largest absolute Gasteiger partial charge is 0.496 e. The summed E-state index contributed by atoms with van der Waals surface area (Å²) in [5.74, 6) is 1.07. The molecule has 1 aliphatic rings. The molecule has 1 atom stereocenters. The topological polar surface area (TPSA) is 76.0 Å². The Balaban J connectivity index is 2.11. The van der Waals surface area contributed by atoms with E-state index in [1.165, 1.54) is 14.2 Å². The predicted octanol–water partition coefficient (Wildman–Crippen LogP) is 2.02. The van der Waals surface area contributed by atoms with Crippen LogP contribution >= 0.6 is 0 Å². The molecule has 0 N–H and O–H groups in total. The third-order valence-electron chi connectivity index (χ3n) is 4.56. The molecule has 0 spiro atoms. The van der Waals surface area contributed by atoms with Gasteiger partial charge in [0.05, 0.1) is 25.7 Å². The Morgan fingerprint density at radius 1 is 1.32 bits per heavy atom. The maximum absolute atomic E-state index is 12.9. The highest BCUT2D eigenvalue weighted by Gasteiger charge is 2.25. The van der Waals surface area contributed by atoms with Crippen LogP contribution in [0.2, 0.25) is 0 Å². The quantitative estimate of drug-likeness (QED) is 0.770. The fourth-order valence-electron chi connectivity index (χ4n) is 3.17. The molecule has 0 amide bonds. The molecule has 7 nitrogen and oxygen atoms in total. The third-order valence-corrected chi connectivity index (χ3v) is 4.56. The smallest absolute Gasteiger partial charge is 0.308 e. The summed E-state index contributed by atoms with van der Waals surface area (Å²) in [5.41, 5.74) is 0.999. The van der Waals surface area contributed by atoms with E-state index in [1.54, 1.807) is 24.6 Å². The van der Waals surface area contributed by atoms with Gasteiger partial charge in [-0.25, -0.2) is 0 Å². The Morgan fingerprint density at radius 2 is 2.08 bits per heavy atom. The lowest BCUT2D eigenvalue weighted by Crippen LogP contribution is -2.24. The van der Waals surface area contributed by atoms with Crippen molar-refractivity contribution in [2.45, 2.75) is 19.8 Å². The zero-order valence-electron chi connectivity index (χ0n) is 14.8. The fraction of sp³-hybridized carbons (Fsp3) is 0.444. The minimum absolute atomic E-state index is 0.128. The van der Waals surface area contributed by atoms with Crippen LogP contribution in [0, 0.1) is 5.92 Å². The summed E-state index contributed by atoms with van der Waals surface area (Å²) in [4.78, 5) is 24.5. The van der Waals surface area contributed by atoms with Gasteiger partial charge in [0.15, 0.2) is 11.5 Å². The second-order valence-electron chi connectivity index (χ2n) is 6.03. The Bertz CT molecular complexity index is 885. The van der Waals surface area contributed by atoms with Crippen molar-refractivity contribution < 1.29 is 23.7 Å². The average Bonchev–Trinajstić information content (AvgIpc) is 3.10. The molecule has 1 aliphatic heterocycles. The molecule has 0 radical (unpaired) electrons. The van der Waals surface area contributed by atoms with Crippen LogP contribution in [0.15, 0.2) is 16.9 Å². The molecule has 2 heterocycles. The molecule has 3 rings (SSSR count). The molecule has 25 heavy (non-hydrogen) atoms. The number of hydrogen-bond acceptors (Lipinski definition) is 6. The van der Waals surface area contributed by atoms with E-state index >= 15 is 0 Å². The van der Waals surface area contributed by atoms with Gasteiger partial charge < -0.3 is 23.5 Å². The number of aromatic nitrogens is 1. The SMILES string of the molecule is COC(=O)C(C)CCc1c(OC)c2ccc3c(c2n(C)c1=O)OCO3. The number of ether oxygens (including phenoxy) is 4. The Kier molecular flexibility index (Phi) is 4.57. The van der Waals surface area contributed by atoms with Crippen molar-refractivity contribution in [3.8, 4) is 17.2 Å². The molecular weight excluding hydrogens is 326 g/mol. The number of benzene rings is 1. The number of esters is 1. The first kappa shape index (κ1) is 17.1. The fourth-order valence-corrected chi connectivity index (χ4v) is 3.17. The molecule has 134 valence electrons. The van der Waals surface area contributed by atoms with Gasteiger partial charge in [-0.05, 0) is 25.0 Å². The van der Waals surface area contributed by atoms with Gasteiger partial charge in [0, 0.05) is 12.4 Å². The van der Waals surface area contributed by atoms with Crippen LogP contribution in [-0.4, -0.2) is 31.5 Å². The third kappa shape index (κ3) is 2.79. The van der Waals surface area contributed by atoms with Crippen molar-refractivity contribution in [3.63, 3.8) is 0 Å². The van der Waals surface area contributed by atoms with E-state index in [-0.39, 0.29) is 24.2 Å². The standard InChI is InChI=1S/C18H21NO6/c1-10(18(21)23-4)5-6-12-15(22-3)11-7-8-13-16(25-9-24-13)14(11)19(2)17(12)20/h7-8,10H,5-6,9H2,1-4H3. The van der Waals surface area contributed by atoms with Gasteiger partial charge in [-0.15, -0.1) is 0 Å². The molecular formula is C18H21NO6. The first-order chi connectivity index (χ1) is 12.0. The molecule has 1 aromatic heterocycles. The minimum atomic E-state index is -0.299. The van der Waals surface area contributed by atoms with Gasteiger partial charge >= 0.3 is 5.97 Å². The van der Waals surface area contributed by atoms with Crippen LogP contribution in [0.4, 0.5) is 0 Å². The predicted molar refractivity (Wildman–Crippen MR) is 91.4 cm³/mol.